The maximum Gasteiger partial charge on any atom is 0.253 e. The van der Waals surface area contributed by atoms with Gasteiger partial charge >= 0.3 is 0 Å². The first-order chi connectivity index (χ1) is 8.99. The van der Waals surface area contributed by atoms with E-state index in [9.17, 15) is 4.79 Å². The molecule has 0 radical (unpaired) electrons. The van der Waals surface area contributed by atoms with E-state index in [4.69, 9.17) is 11.6 Å². The smallest absolute Gasteiger partial charge is 0.253 e. The molecule has 1 aliphatic rings. The van der Waals surface area contributed by atoms with E-state index in [2.05, 4.69) is 40.4 Å². The Morgan fingerprint density at radius 2 is 2.21 bits per heavy atom. The molecule has 2 rings (SSSR count). The van der Waals surface area contributed by atoms with Crippen molar-refractivity contribution in [1.29, 1.82) is 0 Å². The fourth-order valence-electron chi connectivity index (χ4n) is 2.51. The molecule has 1 fully saturated rings. The van der Waals surface area contributed by atoms with Crippen LogP contribution in [0.5, 0.6) is 0 Å². The number of nitrogens with one attached hydrogen (secondary N) is 2. The van der Waals surface area contributed by atoms with Gasteiger partial charge in [-0.15, -0.1) is 0 Å². The average Bonchev–Trinajstić information content (AvgIpc) is 2.37. The predicted octanol–water partition coefficient (Wildman–Crippen LogP) is 3.22. The Balaban J connectivity index is 2.14. The van der Waals surface area contributed by atoms with Gasteiger partial charge in [-0.05, 0) is 44.0 Å². The number of halogens is 2. The molecule has 5 heteroatoms. The van der Waals surface area contributed by atoms with Crippen molar-refractivity contribution in [3.63, 3.8) is 0 Å². The van der Waals surface area contributed by atoms with Crippen LogP contribution in [0.4, 0.5) is 0 Å². The van der Waals surface area contributed by atoms with Crippen molar-refractivity contribution in [2.75, 3.05) is 6.54 Å². The van der Waals surface area contributed by atoms with Crippen molar-refractivity contribution in [3.05, 3.63) is 33.3 Å². The molecule has 0 saturated carbocycles. The highest BCUT2D eigenvalue weighted by Gasteiger charge is 2.29. The van der Waals surface area contributed by atoms with Crippen molar-refractivity contribution in [3.8, 4) is 0 Å². The molecule has 3 atom stereocenters. The maximum atomic E-state index is 12.3. The van der Waals surface area contributed by atoms with Gasteiger partial charge in [-0.1, -0.05) is 34.5 Å². The average molecular weight is 346 g/mol. The Bertz CT molecular complexity index is 471. The third-order valence-electron chi connectivity index (χ3n) is 3.69. The molecule has 2 N–H and O–H groups in total. The molecule has 19 heavy (non-hydrogen) atoms. The molecular formula is C14H18BrClN2O. The summed E-state index contributed by atoms with van der Waals surface area (Å²) in [5.41, 5.74) is 0.515. The largest absolute Gasteiger partial charge is 0.347 e. The van der Waals surface area contributed by atoms with E-state index in [1.54, 1.807) is 12.1 Å². The van der Waals surface area contributed by atoms with Gasteiger partial charge in [-0.3, -0.25) is 4.79 Å². The molecule has 3 unspecified atom stereocenters. The van der Waals surface area contributed by atoms with Crippen LogP contribution in [0.25, 0.3) is 0 Å². The van der Waals surface area contributed by atoms with Gasteiger partial charge in [0.15, 0.2) is 0 Å². The molecular weight excluding hydrogens is 328 g/mol. The SMILES string of the molecule is CC1CCNC(C)C1NC(=O)c1cc(Br)ccc1Cl. The molecule has 1 aromatic carbocycles. The number of carbonyl (C=O) groups excluding carboxylic acids is 1. The van der Waals surface area contributed by atoms with E-state index in [0.29, 0.717) is 16.5 Å². The molecule has 1 aliphatic heterocycles. The van der Waals surface area contributed by atoms with E-state index < -0.39 is 0 Å². The van der Waals surface area contributed by atoms with Crippen LogP contribution in [-0.4, -0.2) is 24.5 Å². The Kier molecular flexibility index (Phi) is 4.87. The third kappa shape index (κ3) is 3.50. The Labute approximate surface area is 127 Å². The maximum absolute atomic E-state index is 12.3. The first kappa shape index (κ1) is 14.8. The van der Waals surface area contributed by atoms with Crippen LogP contribution >= 0.6 is 27.5 Å². The fraction of sp³-hybridized carbons (Fsp3) is 0.500. The molecule has 1 aromatic rings. The van der Waals surface area contributed by atoms with Crippen molar-refractivity contribution in [2.24, 2.45) is 5.92 Å². The summed E-state index contributed by atoms with van der Waals surface area (Å²) in [6, 6.07) is 5.72. The number of rotatable bonds is 2. The standard InChI is InChI=1S/C14H18BrClN2O/c1-8-5-6-17-9(2)13(8)18-14(19)11-7-10(15)3-4-12(11)16/h3-4,7-9,13,17H,5-6H2,1-2H3,(H,18,19). The minimum Gasteiger partial charge on any atom is -0.347 e. The highest BCUT2D eigenvalue weighted by atomic mass is 79.9. The second-order valence-corrected chi connectivity index (χ2v) is 6.46. The van der Waals surface area contributed by atoms with Crippen LogP contribution in [0, 0.1) is 5.92 Å². The van der Waals surface area contributed by atoms with Crippen molar-refractivity contribution < 1.29 is 4.79 Å². The van der Waals surface area contributed by atoms with Gasteiger partial charge in [-0.2, -0.15) is 0 Å². The van der Waals surface area contributed by atoms with Crippen LogP contribution in [0.2, 0.25) is 5.02 Å². The van der Waals surface area contributed by atoms with Crippen molar-refractivity contribution in [2.45, 2.75) is 32.4 Å². The van der Waals surface area contributed by atoms with Gasteiger partial charge in [0.25, 0.3) is 5.91 Å². The summed E-state index contributed by atoms with van der Waals surface area (Å²) in [7, 11) is 0. The van der Waals surface area contributed by atoms with E-state index in [0.717, 1.165) is 17.4 Å². The summed E-state index contributed by atoms with van der Waals surface area (Å²) >= 11 is 9.45. The minimum atomic E-state index is -0.112. The van der Waals surface area contributed by atoms with Crippen molar-refractivity contribution >= 4 is 33.4 Å². The summed E-state index contributed by atoms with van der Waals surface area (Å²) in [4.78, 5) is 12.3. The lowest BCUT2D eigenvalue weighted by Gasteiger charge is -2.36. The lowest BCUT2D eigenvalue weighted by atomic mass is 9.89. The lowest BCUT2D eigenvalue weighted by molar-refractivity contribution is 0.0897. The van der Waals surface area contributed by atoms with E-state index in [-0.39, 0.29) is 18.0 Å². The minimum absolute atomic E-state index is 0.112. The number of hydrogen-bond acceptors (Lipinski definition) is 2. The topological polar surface area (TPSA) is 41.1 Å². The van der Waals surface area contributed by atoms with Crippen LogP contribution in [-0.2, 0) is 0 Å². The van der Waals surface area contributed by atoms with Gasteiger partial charge in [0, 0.05) is 16.6 Å². The second-order valence-electron chi connectivity index (χ2n) is 5.13. The summed E-state index contributed by atoms with van der Waals surface area (Å²) in [5.74, 6) is 0.352. The summed E-state index contributed by atoms with van der Waals surface area (Å²) < 4.78 is 0.852. The van der Waals surface area contributed by atoms with Crippen LogP contribution in [0.1, 0.15) is 30.6 Å². The zero-order valence-corrected chi connectivity index (χ0v) is 13.4. The van der Waals surface area contributed by atoms with E-state index in [1.807, 2.05) is 6.07 Å². The van der Waals surface area contributed by atoms with Gasteiger partial charge < -0.3 is 10.6 Å². The normalized spacial score (nSPS) is 27.1. The number of piperidine rings is 1. The highest BCUT2D eigenvalue weighted by Crippen LogP contribution is 2.22. The molecule has 0 spiro atoms. The molecule has 0 aromatic heterocycles. The first-order valence-electron chi connectivity index (χ1n) is 6.48. The molecule has 1 amide bonds. The molecule has 104 valence electrons. The number of carbonyl (C=O) groups is 1. The zero-order chi connectivity index (χ0) is 14.0. The molecule has 1 heterocycles. The number of benzene rings is 1. The Hall–Kier alpha value is -0.580. The van der Waals surface area contributed by atoms with Crippen LogP contribution < -0.4 is 10.6 Å². The van der Waals surface area contributed by atoms with E-state index >= 15 is 0 Å². The van der Waals surface area contributed by atoms with Gasteiger partial charge in [0.05, 0.1) is 10.6 Å². The van der Waals surface area contributed by atoms with Gasteiger partial charge in [0.1, 0.15) is 0 Å². The number of amides is 1. The number of hydrogen-bond donors (Lipinski definition) is 2. The first-order valence-corrected chi connectivity index (χ1v) is 7.65. The Morgan fingerprint density at radius 3 is 2.89 bits per heavy atom. The summed E-state index contributed by atoms with van der Waals surface area (Å²) in [6.45, 7) is 5.28. The van der Waals surface area contributed by atoms with E-state index in [1.165, 1.54) is 0 Å². The third-order valence-corrected chi connectivity index (χ3v) is 4.51. The van der Waals surface area contributed by atoms with Crippen LogP contribution in [0.15, 0.2) is 22.7 Å². The molecule has 0 bridgehead atoms. The molecule has 3 nitrogen and oxygen atoms in total. The lowest BCUT2D eigenvalue weighted by Crippen LogP contribution is -2.55. The van der Waals surface area contributed by atoms with Crippen LogP contribution in [0.3, 0.4) is 0 Å². The van der Waals surface area contributed by atoms with Gasteiger partial charge in [-0.25, -0.2) is 0 Å². The summed E-state index contributed by atoms with van der Waals surface area (Å²) in [6.07, 6.45) is 1.07. The second kappa shape index (κ2) is 6.25. The van der Waals surface area contributed by atoms with Crippen molar-refractivity contribution in [1.82, 2.24) is 10.6 Å². The highest BCUT2D eigenvalue weighted by molar-refractivity contribution is 9.10. The monoisotopic (exact) mass is 344 g/mol. The predicted molar refractivity (Wildman–Crippen MR) is 81.7 cm³/mol. The van der Waals surface area contributed by atoms with Gasteiger partial charge in [0.2, 0.25) is 0 Å². The fourth-order valence-corrected chi connectivity index (χ4v) is 3.07. The Morgan fingerprint density at radius 1 is 1.47 bits per heavy atom. The zero-order valence-electron chi connectivity index (χ0n) is 11.0. The summed E-state index contributed by atoms with van der Waals surface area (Å²) in [5, 5.41) is 6.96. The molecule has 0 aliphatic carbocycles. The quantitative estimate of drug-likeness (QED) is 0.864. The molecule has 1 saturated heterocycles.